The molecule has 1 aliphatic rings. The summed E-state index contributed by atoms with van der Waals surface area (Å²) in [5.41, 5.74) is 5.59. The lowest BCUT2D eigenvalue weighted by atomic mass is 10.0. The van der Waals surface area contributed by atoms with E-state index in [-0.39, 0.29) is 12.2 Å². The molecule has 2 rings (SSSR count). The summed E-state index contributed by atoms with van der Waals surface area (Å²) in [7, 11) is 0. The summed E-state index contributed by atoms with van der Waals surface area (Å²) >= 11 is 0. The fourth-order valence-corrected chi connectivity index (χ4v) is 1.91. The molecule has 2 unspecified atom stereocenters. The van der Waals surface area contributed by atoms with Crippen LogP contribution in [-0.2, 0) is 4.74 Å². The van der Waals surface area contributed by atoms with E-state index in [4.69, 9.17) is 14.9 Å². The summed E-state index contributed by atoms with van der Waals surface area (Å²) in [6, 6.07) is 3.98. The monoisotopic (exact) mass is 195 g/mol. The van der Waals surface area contributed by atoms with Crippen LogP contribution in [0, 0.1) is 6.92 Å². The van der Waals surface area contributed by atoms with Crippen LogP contribution in [0.1, 0.15) is 36.9 Å². The molecule has 0 spiro atoms. The smallest absolute Gasteiger partial charge is 0.132 e. The van der Waals surface area contributed by atoms with E-state index in [1.807, 2.05) is 19.1 Å². The van der Waals surface area contributed by atoms with Gasteiger partial charge in [0.05, 0.1) is 6.10 Å². The molecular formula is C11H17NO2. The van der Waals surface area contributed by atoms with Crippen molar-refractivity contribution in [1.29, 1.82) is 0 Å². The van der Waals surface area contributed by atoms with E-state index in [0.29, 0.717) is 6.54 Å². The number of hydrogen-bond donors (Lipinski definition) is 1. The zero-order chi connectivity index (χ0) is 9.97. The van der Waals surface area contributed by atoms with Crippen molar-refractivity contribution in [2.75, 3.05) is 6.54 Å². The van der Waals surface area contributed by atoms with Gasteiger partial charge in [0, 0.05) is 6.54 Å². The lowest BCUT2D eigenvalue weighted by Crippen LogP contribution is -2.29. The Bertz CT molecular complexity index is 295. The molecule has 1 aromatic heterocycles. The van der Waals surface area contributed by atoms with Gasteiger partial charge < -0.3 is 14.9 Å². The molecule has 2 heterocycles. The third kappa shape index (κ3) is 1.99. The third-order valence-electron chi connectivity index (χ3n) is 2.69. The van der Waals surface area contributed by atoms with Crippen LogP contribution in [0.3, 0.4) is 0 Å². The van der Waals surface area contributed by atoms with E-state index in [1.165, 1.54) is 6.42 Å². The van der Waals surface area contributed by atoms with Crippen LogP contribution in [-0.4, -0.2) is 12.6 Å². The molecule has 78 valence electrons. The largest absolute Gasteiger partial charge is 0.464 e. The van der Waals surface area contributed by atoms with E-state index in [0.717, 1.165) is 24.4 Å². The molecule has 1 aromatic rings. The van der Waals surface area contributed by atoms with Crippen molar-refractivity contribution < 1.29 is 9.15 Å². The Morgan fingerprint density at radius 1 is 1.43 bits per heavy atom. The fourth-order valence-electron chi connectivity index (χ4n) is 1.91. The summed E-state index contributed by atoms with van der Waals surface area (Å²) in [4.78, 5) is 0. The molecule has 0 aliphatic carbocycles. The van der Waals surface area contributed by atoms with Gasteiger partial charge in [0.25, 0.3) is 0 Å². The second-order valence-electron chi connectivity index (χ2n) is 3.86. The number of hydrogen-bond acceptors (Lipinski definition) is 3. The van der Waals surface area contributed by atoms with Crippen molar-refractivity contribution in [2.24, 2.45) is 5.73 Å². The summed E-state index contributed by atoms with van der Waals surface area (Å²) in [5.74, 6) is 1.89. The average molecular weight is 195 g/mol. The first-order valence-corrected chi connectivity index (χ1v) is 5.21. The quantitative estimate of drug-likeness (QED) is 0.786. The van der Waals surface area contributed by atoms with Crippen LogP contribution in [0.5, 0.6) is 0 Å². The summed E-state index contributed by atoms with van der Waals surface area (Å²) in [5, 5.41) is 0. The summed E-state index contributed by atoms with van der Waals surface area (Å²) in [6.45, 7) is 2.56. The van der Waals surface area contributed by atoms with Crippen LogP contribution < -0.4 is 5.73 Å². The van der Waals surface area contributed by atoms with Gasteiger partial charge in [0.1, 0.15) is 17.6 Å². The zero-order valence-electron chi connectivity index (χ0n) is 8.53. The van der Waals surface area contributed by atoms with Crippen molar-refractivity contribution in [2.45, 2.75) is 38.4 Å². The minimum Gasteiger partial charge on any atom is -0.464 e. The van der Waals surface area contributed by atoms with Gasteiger partial charge in [-0.1, -0.05) is 0 Å². The van der Waals surface area contributed by atoms with Gasteiger partial charge in [-0.2, -0.15) is 0 Å². The van der Waals surface area contributed by atoms with Gasteiger partial charge in [-0.05, 0) is 38.3 Å². The Labute approximate surface area is 84.2 Å². The highest BCUT2D eigenvalue weighted by molar-refractivity contribution is 5.08. The van der Waals surface area contributed by atoms with Crippen molar-refractivity contribution >= 4 is 0 Å². The van der Waals surface area contributed by atoms with Gasteiger partial charge in [0.2, 0.25) is 0 Å². The molecule has 0 radical (unpaired) electrons. The molecule has 0 amide bonds. The van der Waals surface area contributed by atoms with E-state index >= 15 is 0 Å². The number of nitrogens with two attached hydrogens (primary N) is 1. The molecule has 1 fully saturated rings. The van der Waals surface area contributed by atoms with E-state index < -0.39 is 0 Å². The molecule has 14 heavy (non-hydrogen) atoms. The third-order valence-corrected chi connectivity index (χ3v) is 2.69. The minimum atomic E-state index is 0.117. The standard InChI is InChI=1S/C11H17NO2/c1-8-5-6-11(13-8)10-4-2-3-9(7-12)14-10/h5-6,9-10H,2-4,7,12H2,1H3. The Kier molecular flexibility index (Phi) is 2.89. The fraction of sp³-hybridized carbons (Fsp3) is 0.636. The Morgan fingerprint density at radius 3 is 2.93 bits per heavy atom. The van der Waals surface area contributed by atoms with Gasteiger partial charge in [-0.15, -0.1) is 0 Å². The SMILES string of the molecule is Cc1ccc(C2CCCC(CN)O2)o1. The molecule has 0 saturated carbocycles. The van der Waals surface area contributed by atoms with Crippen LogP contribution in [0.25, 0.3) is 0 Å². The molecular weight excluding hydrogens is 178 g/mol. The first-order chi connectivity index (χ1) is 6.79. The van der Waals surface area contributed by atoms with E-state index in [2.05, 4.69) is 0 Å². The highest BCUT2D eigenvalue weighted by Gasteiger charge is 2.24. The maximum absolute atomic E-state index is 5.82. The van der Waals surface area contributed by atoms with E-state index in [9.17, 15) is 0 Å². The van der Waals surface area contributed by atoms with Crippen molar-refractivity contribution in [3.8, 4) is 0 Å². The molecule has 3 nitrogen and oxygen atoms in total. The van der Waals surface area contributed by atoms with Crippen LogP contribution >= 0.6 is 0 Å². The molecule has 3 heteroatoms. The van der Waals surface area contributed by atoms with Crippen LogP contribution in [0.4, 0.5) is 0 Å². The molecule has 0 aromatic carbocycles. The lowest BCUT2D eigenvalue weighted by Gasteiger charge is -2.27. The number of aryl methyl sites for hydroxylation is 1. The normalized spacial score (nSPS) is 27.9. The maximum Gasteiger partial charge on any atom is 0.132 e. The average Bonchev–Trinajstić information content (AvgIpc) is 2.65. The van der Waals surface area contributed by atoms with Gasteiger partial charge >= 0.3 is 0 Å². The predicted molar refractivity (Wildman–Crippen MR) is 54.0 cm³/mol. The topological polar surface area (TPSA) is 48.4 Å². The highest BCUT2D eigenvalue weighted by atomic mass is 16.5. The Morgan fingerprint density at radius 2 is 2.29 bits per heavy atom. The zero-order valence-corrected chi connectivity index (χ0v) is 8.53. The van der Waals surface area contributed by atoms with Crippen molar-refractivity contribution in [1.82, 2.24) is 0 Å². The first kappa shape index (κ1) is 9.74. The Balaban J connectivity index is 2.04. The number of rotatable bonds is 2. The van der Waals surface area contributed by atoms with Crippen molar-refractivity contribution in [3.63, 3.8) is 0 Å². The van der Waals surface area contributed by atoms with Gasteiger partial charge in [-0.3, -0.25) is 0 Å². The molecule has 1 aliphatic heterocycles. The van der Waals surface area contributed by atoms with Gasteiger partial charge in [0.15, 0.2) is 0 Å². The summed E-state index contributed by atoms with van der Waals surface area (Å²) < 4.78 is 11.4. The molecule has 2 N–H and O–H groups in total. The predicted octanol–water partition coefficient (Wildman–Crippen LogP) is 2.16. The first-order valence-electron chi connectivity index (χ1n) is 5.21. The van der Waals surface area contributed by atoms with E-state index in [1.54, 1.807) is 0 Å². The van der Waals surface area contributed by atoms with Crippen molar-refractivity contribution in [3.05, 3.63) is 23.7 Å². The van der Waals surface area contributed by atoms with Crippen LogP contribution in [0.15, 0.2) is 16.5 Å². The second kappa shape index (κ2) is 4.15. The maximum atomic E-state index is 5.82. The summed E-state index contributed by atoms with van der Waals surface area (Å²) in [6.07, 6.45) is 3.62. The van der Waals surface area contributed by atoms with Crippen LogP contribution in [0.2, 0.25) is 0 Å². The second-order valence-corrected chi connectivity index (χ2v) is 3.86. The number of ether oxygens (including phenoxy) is 1. The minimum absolute atomic E-state index is 0.117. The molecule has 0 bridgehead atoms. The molecule has 2 atom stereocenters. The molecule has 1 saturated heterocycles. The Hall–Kier alpha value is -0.800. The highest BCUT2D eigenvalue weighted by Crippen LogP contribution is 2.31. The van der Waals surface area contributed by atoms with Gasteiger partial charge in [-0.25, -0.2) is 0 Å². The number of furan rings is 1. The lowest BCUT2D eigenvalue weighted by molar-refractivity contribution is -0.0561.